The minimum absolute atomic E-state index is 0.0713. The van der Waals surface area contributed by atoms with Crippen LogP contribution >= 0.6 is 11.6 Å². The number of ether oxygens (including phenoxy) is 1. The highest BCUT2D eigenvalue weighted by atomic mass is 35.5. The van der Waals surface area contributed by atoms with E-state index in [4.69, 9.17) is 16.3 Å². The van der Waals surface area contributed by atoms with E-state index in [9.17, 15) is 25.0 Å². The number of Topliss-reactive ketones (excluding diaryl/α,β-unsaturated/α-hetero) is 1. The van der Waals surface area contributed by atoms with Crippen LogP contribution in [0.4, 0.5) is 5.69 Å². The van der Waals surface area contributed by atoms with Crippen LogP contribution in [-0.4, -0.2) is 23.3 Å². The highest BCUT2D eigenvalue weighted by Gasteiger charge is 2.33. The maximum atomic E-state index is 12.9. The van der Waals surface area contributed by atoms with Crippen LogP contribution in [0.2, 0.25) is 5.02 Å². The standard InChI is InChI=1S/C22H19ClN2O5/c1-14-6-4-5-7-18(14)21(27)30-13-22(2,3)20(26)16(12-24)10-15-8-9-17(23)11-19(15)25(28)29/h4-11H,13H2,1-3H3. The van der Waals surface area contributed by atoms with Gasteiger partial charge in [-0.3, -0.25) is 14.9 Å². The van der Waals surface area contributed by atoms with Crippen molar-refractivity contribution in [1.82, 2.24) is 0 Å². The van der Waals surface area contributed by atoms with E-state index in [-0.39, 0.29) is 28.5 Å². The number of rotatable bonds is 7. The van der Waals surface area contributed by atoms with Gasteiger partial charge in [0.2, 0.25) is 0 Å². The van der Waals surface area contributed by atoms with Gasteiger partial charge >= 0.3 is 5.97 Å². The highest BCUT2D eigenvalue weighted by Crippen LogP contribution is 2.28. The Morgan fingerprint density at radius 1 is 1.27 bits per heavy atom. The molecule has 0 unspecified atom stereocenters. The van der Waals surface area contributed by atoms with Crippen molar-refractivity contribution < 1.29 is 19.2 Å². The van der Waals surface area contributed by atoms with E-state index in [0.29, 0.717) is 5.56 Å². The maximum absolute atomic E-state index is 12.9. The fraction of sp³-hybridized carbons (Fsp3) is 0.227. The fourth-order valence-electron chi connectivity index (χ4n) is 2.66. The van der Waals surface area contributed by atoms with Crippen molar-refractivity contribution >= 4 is 35.1 Å². The van der Waals surface area contributed by atoms with E-state index >= 15 is 0 Å². The average Bonchev–Trinajstić information content (AvgIpc) is 2.70. The molecular weight excluding hydrogens is 408 g/mol. The molecule has 0 aromatic heterocycles. The molecule has 0 aliphatic heterocycles. The van der Waals surface area contributed by atoms with Gasteiger partial charge in [0.05, 0.1) is 27.0 Å². The second-order valence-corrected chi connectivity index (χ2v) is 7.67. The van der Waals surface area contributed by atoms with Gasteiger partial charge in [-0.1, -0.05) is 29.8 Å². The monoisotopic (exact) mass is 426 g/mol. The van der Waals surface area contributed by atoms with Crippen molar-refractivity contribution in [2.24, 2.45) is 5.41 Å². The van der Waals surface area contributed by atoms with Gasteiger partial charge in [-0.05, 0) is 50.6 Å². The number of ketones is 1. The molecule has 0 spiro atoms. The Morgan fingerprint density at radius 3 is 2.53 bits per heavy atom. The molecule has 0 saturated heterocycles. The Balaban J connectivity index is 2.25. The lowest BCUT2D eigenvalue weighted by Crippen LogP contribution is -2.32. The van der Waals surface area contributed by atoms with Crippen LogP contribution in [0.5, 0.6) is 0 Å². The molecule has 8 heteroatoms. The van der Waals surface area contributed by atoms with Crippen molar-refractivity contribution in [2.45, 2.75) is 20.8 Å². The van der Waals surface area contributed by atoms with Gasteiger partial charge < -0.3 is 4.74 Å². The average molecular weight is 427 g/mol. The topological polar surface area (TPSA) is 110 Å². The summed E-state index contributed by atoms with van der Waals surface area (Å²) in [6, 6.07) is 12.6. The number of allylic oxidation sites excluding steroid dienone is 1. The SMILES string of the molecule is Cc1ccccc1C(=O)OCC(C)(C)C(=O)C(C#N)=Cc1ccc(Cl)cc1[N+](=O)[O-]. The molecule has 154 valence electrons. The Labute approximate surface area is 178 Å². The normalized spacial score (nSPS) is 11.5. The van der Waals surface area contributed by atoms with E-state index in [0.717, 1.165) is 17.7 Å². The molecule has 0 fully saturated rings. The Morgan fingerprint density at radius 2 is 1.93 bits per heavy atom. The van der Waals surface area contributed by atoms with Gasteiger partial charge in [0.1, 0.15) is 12.7 Å². The minimum atomic E-state index is -1.22. The van der Waals surface area contributed by atoms with E-state index < -0.39 is 22.1 Å². The third kappa shape index (κ3) is 5.31. The zero-order chi connectivity index (χ0) is 22.5. The van der Waals surface area contributed by atoms with Crippen LogP contribution in [0.15, 0.2) is 48.0 Å². The second kappa shape index (κ2) is 9.33. The van der Waals surface area contributed by atoms with Crippen molar-refractivity contribution in [3.05, 3.63) is 79.9 Å². The van der Waals surface area contributed by atoms with Crippen LogP contribution in [0.25, 0.3) is 6.08 Å². The lowest BCUT2D eigenvalue weighted by Gasteiger charge is -2.22. The molecule has 0 N–H and O–H groups in total. The summed E-state index contributed by atoms with van der Waals surface area (Å²) < 4.78 is 5.30. The smallest absolute Gasteiger partial charge is 0.338 e. The van der Waals surface area contributed by atoms with Crippen molar-refractivity contribution in [2.75, 3.05) is 6.61 Å². The van der Waals surface area contributed by atoms with Crippen molar-refractivity contribution in [1.29, 1.82) is 5.26 Å². The van der Waals surface area contributed by atoms with Gasteiger partial charge in [-0.25, -0.2) is 4.79 Å². The van der Waals surface area contributed by atoms with Gasteiger partial charge in [0.25, 0.3) is 5.69 Å². The summed E-state index contributed by atoms with van der Waals surface area (Å²) in [7, 11) is 0. The van der Waals surface area contributed by atoms with E-state index in [1.165, 1.54) is 26.0 Å². The number of nitrogens with zero attached hydrogens (tertiary/aromatic N) is 2. The van der Waals surface area contributed by atoms with E-state index in [1.54, 1.807) is 37.3 Å². The van der Waals surface area contributed by atoms with Gasteiger partial charge in [-0.15, -0.1) is 0 Å². The molecular formula is C22H19ClN2O5. The summed E-state index contributed by atoms with van der Waals surface area (Å²) in [5.74, 6) is -1.18. The third-order valence-electron chi connectivity index (χ3n) is 4.40. The van der Waals surface area contributed by atoms with Gasteiger partial charge in [0.15, 0.2) is 5.78 Å². The highest BCUT2D eigenvalue weighted by molar-refractivity contribution is 6.30. The number of carbonyl (C=O) groups is 2. The van der Waals surface area contributed by atoms with Crippen molar-refractivity contribution in [3.8, 4) is 6.07 Å². The van der Waals surface area contributed by atoms with Crippen LogP contribution in [0, 0.1) is 33.8 Å². The van der Waals surface area contributed by atoms with Gasteiger partial charge in [0, 0.05) is 11.1 Å². The van der Waals surface area contributed by atoms with Gasteiger partial charge in [-0.2, -0.15) is 5.26 Å². The van der Waals surface area contributed by atoms with Crippen LogP contribution in [-0.2, 0) is 9.53 Å². The zero-order valence-electron chi connectivity index (χ0n) is 16.6. The zero-order valence-corrected chi connectivity index (χ0v) is 17.4. The Kier molecular flexibility index (Phi) is 7.09. The molecule has 0 aliphatic carbocycles. The molecule has 0 amide bonds. The largest absolute Gasteiger partial charge is 0.461 e. The predicted octanol–water partition coefficient (Wildman–Crippen LogP) is 4.92. The Bertz CT molecular complexity index is 1080. The number of nitro groups is 1. The molecule has 30 heavy (non-hydrogen) atoms. The molecule has 0 radical (unpaired) electrons. The summed E-state index contributed by atoms with van der Waals surface area (Å²) >= 11 is 5.79. The maximum Gasteiger partial charge on any atom is 0.338 e. The number of hydrogen-bond acceptors (Lipinski definition) is 6. The molecule has 7 nitrogen and oxygen atoms in total. The molecule has 0 heterocycles. The molecule has 0 aliphatic rings. The summed E-state index contributed by atoms with van der Waals surface area (Å²) in [6.45, 7) is 4.56. The molecule has 2 aromatic carbocycles. The predicted molar refractivity (Wildman–Crippen MR) is 112 cm³/mol. The first kappa shape index (κ1) is 22.8. The summed E-state index contributed by atoms with van der Waals surface area (Å²) in [5.41, 5.74) is -0.653. The summed E-state index contributed by atoms with van der Waals surface area (Å²) in [5, 5.41) is 20.9. The third-order valence-corrected chi connectivity index (χ3v) is 4.63. The van der Waals surface area contributed by atoms with E-state index in [2.05, 4.69) is 0 Å². The first-order chi connectivity index (χ1) is 14.1. The van der Waals surface area contributed by atoms with Crippen LogP contribution < -0.4 is 0 Å². The molecule has 2 rings (SSSR count). The number of halogens is 1. The number of esters is 1. The minimum Gasteiger partial charge on any atom is -0.461 e. The summed E-state index contributed by atoms with van der Waals surface area (Å²) in [6.07, 6.45) is 1.14. The second-order valence-electron chi connectivity index (χ2n) is 7.23. The summed E-state index contributed by atoms with van der Waals surface area (Å²) in [4.78, 5) is 35.8. The van der Waals surface area contributed by atoms with Crippen LogP contribution in [0.3, 0.4) is 0 Å². The lowest BCUT2D eigenvalue weighted by atomic mass is 9.84. The first-order valence-electron chi connectivity index (χ1n) is 8.90. The molecule has 0 bridgehead atoms. The van der Waals surface area contributed by atoms with Crippen molar-refractivity contribution in [3.63, 3.8) is 0 Å². The number of carbonyl (C=O) groups excluding carboxylic acids is 2. The van der Waals surface area contributed by atoms with E-state index in [1.807, 2.05) is 0 Å². The number of benzene rings is 2. The quantitative estimate of drug-likeness (QED) is 0.204. The number of aryl methyl sites for hydroxylation is 1. The molecule has 0 atom stereocenters. The molecule has 2 aromatic rings. The number of nitro benzene ring substituents is 1. The fourth-order valence-corrected chi connectivity index (χ4v) is 2.82. The number of nitriles is 1. The first-order valence-corrected chi connectivity index (χ1v) is 9.28. The lowest BCUT2D eigenvalue weighted by molar-refractivity contribution is -0.385. The number of hydrogen-bond donors (Lipinski definition) is 0. The Hall–Kier alpha value is -3.50. The van der Waals surface area contributed by atoms with Crippen LogP contribution in [0.1, 0.15) is 35.3 Å². The molecule has 0 saturated carbocycles.